The zero-order valence-electron chi connectivity index (χ0n) is 18.9. The Hall–Kier alpha value is -3.45. The molecule has 5 aromatic rings. The average Bonchev–Trinajstić information content (AvgIpc) is 3.40. The molecule has 5 nitrogen and oxygen atoms in total. The molecule has 1 fully saturated rings. The maximum atomic E-state index is 6.06. The molecule has 0 atom stereocenters. The Balaban J connectivity index is 1.36. The minimum Gasteiger partial charge on any atom is -0.378 e. The van der Waals surface area contributed by atoms with E-state index in [1.807, 2.05) is 48.7 Å². The first-order chi connectivity index (χ1) is 17.2. The molecule has 7 heteroatoms. The first-order valence-corrected chi connectivity index (χ1v) is 12.8. The maximum absolute atomic E-state index is 6.06. The third kappa shape index (κ3) is 4.60. The molecule has 1 saturated heterocycles. The molecular weight excluding hydrogens is 476 g/mol. The smallest absolute Gasteiger partial charge is 0.127 e. The van der Waals surface area contributed by atoms with Crippen LogP contribution in [0.2, 0.25) is 5.02 Å². The molecule has 1 aliphatic rings. The number of para-hydroxylation sites is 1. The Kier molecular flexibility index (Phi) is 6.08. The van der Waals surface area contributed by atoms with Crippen LogP contribution in [0.15, 0.2) is 84.4 Å². The van der Waals surface area contributed by atoms with Gasteiger partial charge in [0.1, 0.15) is 5.01 Å². The molecule has 1 N–H and O–H groups in total. The summed E-state index contributed by atoms with van der Waals surface area (Å²) in [5.74, 6) is 0. The number of pyridine rings is 1. The van der Waals surface area contributed by atoms with Crippen molar-refractivity contribution in [2.75, 3.05) is 36.5 Å². The minimum atomic E-state index is 0.717. The van der Waals surface area contributed by atoms with Crippen molar-refractivity contribution in [3.8, 4) is 21.8 Å². The Morgan fingerprint density at radius 1 is 0.914 bits per heavy atom. The molecule has 0 saturated carbocycles. The normalized spacial score (nSPS) is 13.8. The first-order valence-electron chi connectivity index (χ1n) is 11.5. The molecule has 0 amide bonds. The Labute approximate surface area is 213 Å². The van der Waals surface area contributed by atoms with Crippen molar-refractivity contribution in [3.63, 3.8) is 0 Å². The van der Waals surface area contributed by atoms with Crippen molar-refractivity contribution < 1.29 is 4.74 Å². The number of aromatic nitrogens is 2. The van der Waals surface area contributed by atoms with Gasteiger partial charge in [-0.3, -0.25) is 4.98 Å². The van der Waals surface area contributed by atoms with Gasteiger partial charge in [0, 0.05) is 52.0 Å². The minimum absolute atomic E-state index is 0.717. The summed E-state index contributed by atoms with van der Waals surface area (Å²) in [5.41, 5.74) is 7.13. The molecule has 0 aliphatic carbocycles. The van der Waals surface area contributed by atoms with E-state index in [-0.39, 0.29) is 0 Å². The number of halogens is 1. The van der Waals surface area contributed by atoms with E-state index in [9.17, 15) is 0 Å². The molecular formula is C28H23ClN4OS. The summed E-state index contributed by atoms with van der Waals surface area (Å²) in [4.78, 5) is 12.0. The van der Waals surface area contributed by atoms with Gasteiger partial charge >= 0.3 is 0 Å². The van der Waals surface area contributed by atoms with Gasteiger partial charge in [0.05, 0.1) is 35.7 Å². The van der Waals surface area contributed by atoms with Gasteiger partial charge in [-0.2, -0.15) is 0 Å². The average molecular weight is 499 g/mol. The van der Waals surface area contributed by atoms with Crippen LogP contribution in [-0.4, -0.2) is 36.3 Å². The fraction of sp³-hybridized carbons (Fsp3) is 0.143. The molecule has 0 spiro atoms. The fourth-order valence-corrected chi connectivity index (χ4v) is 5.28. The standard InChI is InChI=1S/C28H23ClN4OS/c29-20-7-5-19(6-8-20)26-18-35-28(32-26)24-17-30-25-4-2-1-3-23(25)27(24)31-21-9-11-22(12-10-21)33-13-15-34-16-14-33/h1-12,17-18H,13-16H2,(H,30,31). The molecule has 0 unspecified atom stereocenters. The highest BCUT2D eigenvalue weighted by Crippen LogP contribution is 2.38. The molecule has 2 aromatic heterocycles. The van der Waals surface area contributed by atoms with Crippen LogP contribution < -0.4 is 10.2 Å². The van der Waals surface area contributed by atoms with E-state index in [2.05, 4.69) is 45.9 Å². The third-order valence-electron chi connectivity index (χ3n) is 6.16. The quantitative estimate of drug-likeness (QED) is 0.276. The molecule has 3 heterocycles. The van der Waals surface area contributed by atoms with Gasteiger partial charge in [-0.15, -0.1) is 11.3 Å². The van der Waals surface area contributed by atoms with E-state index in [1.54, 1.807) is 11.3 Å². The van der Waals surface area contributed by atoms with Gasteiger partial charge in [-0.05, 0) is 42.5 Å². The van der Waals surface area contributed by atoms with Crippen LogP contribution in [0.3, 0.4) is 0 Å². The molecule has 3 aromatic carbocycles. The molecule has 174 valence electrons. The molecule has 35 heavy (non-hydrogen) atoms. The summed E-state index contributed by atoms with van der Waals surface area (Å²) < 4.78 is 5.48. The number of rotatable bonds is 5. The van der Waals surface area contributed by atoms with E-state index in [0.717, 1.165) is 70.4 Å². The number of benzene rings is 3. The summed E-state index contributed by atoms with van der Waals surface area (Å²) in [5, 5.41) is 8.44. The summed E-state index contributed by atoms with van der Waals surface area (Å²) in [7, 11) is 0. The lowest BCUT2D eigenvalue weighted by Crippen LogP contribution is -2.36. The van der Waals surface area contributed by atoms with Crippen LogP contribution in [0, 0.1) is 0 Å². The van der Waals surface area contributed by atoms with Crippen LogP contribution >= 0.6 is 22.9 Å². The lowest BCUT2D eigenvalue weighted by Gasteiger charge is -2.29. The van der Waals surface area contributed by atoms with Gasteiger partial charge in [0.2, 0.25) is 0 Å². The second-order valence-corrected chi connectivity index (χ2v) is 9.67. The van der Waals surface area contributed by atoms with Crippen molar-refractivity contribution in [1.82, 2.24) is 9.97 Å². The highest BCUT2D eigenvalue weighted by molar-refractivity contribution is 7.13. The summed E-state index contributed by atoms with van der Waals surface area (Å²) in [6, 6.07) is 24.6. The van der Waals surface area contributed by atoms with E-state index in [1.165, 1.54) is 5.69 Å². The number of anilines is 3. The van der Waals surface area contributed by atoms with E-state index in [0.29, 0.717) is 5.02 Å². The van der Waals surface area contributed by atoms with Gasteiger partial charge < -0.3 is 15.0 Å². The first kappa shape index (κ1) is 22.0. The highest BCUT2D eigenvalue weighted by Gasteiger charge is 2.16. The third-order valence-corrected chi connectivity index (χ3v) is 7.29. The molecule has 0 bridgehead atoms. The number of morpholine rings is 1. The van der Waals surface area contributed by atoms with Gasteiger partial charge in [0.25, 0.3) is 0 Å². The zero-order valence-corrected chi connectivity index (χ0v) is 20.5. The Morgan fingerprint density at radius 2 is 1.69 bits per heavy atom. The second-order valence-electron chi connectivity index (χ2n) is 8.38. The number of fused-ring (bicyclic) bond motifs is 1. The summed E-state index contributed by atoms with van der Waals surface area (Å²) >= 11 is 7.68. The number of hydrogen-bond donors (Lipinski definition) is 1. The topological polar surface area (TPSA) is 50.3 Å². The van der Waals surface area contributed by atoms with E-state index >= 15 is 0 Å². The predicted octanol–water partition coefficient (Wildman–Crippen LogP) is 7.26. The van der Waals surface area contributed by atoms with Crippen molar-refractivity contribution in [1.29, 1.82) is 0 Å². The second kappa shape index (κ2) is 9.66. The van der Waals surface area contributed by atoms with Crippen molar-refractivity contribution in [3.05, 3.63) is 89.4 Å². The van der Waals surface area contributed by atoms with Crippen LogP contribution in [0.4, 0.5) is 17.1 Å². The number of nitrogens with one attached hydrogen (secondary N) is 1. The summed E-state index contributed by atoms with van der Waals surface area (Å²) in [6.07, 6.45) is 1.91. The monoisotopic (exact) mass is 498 g/mol. The number of nitrogens with zero attached hydrogens (tertiary/aromatic N) is 3. The van der Waals surface area contributed by atoms with Crippen LogP contribution in [0.1, 0.15) is 0 Å². The molecule has 1 aliphatic heterocycles. The van der Waals surface area contributed by atoms with E-state index < -0.39 is 0 Å². The van der Waals surface area contributed by atoms with Crippen LogP contribution in [-0.2, 0) is 4.74 Å². The number of ether oxygens (including phenoxy) is 1. The zero-order chi connectivity index (χ0) is 23.6. The molecule has 0 radical (unpaired) electrons. The van der Waals surface area contributed by atoms with Crippen molar-refractivity contribution in [2.45, 2.75) is 0 Å². The number of thiazole rings is 1. The van der Waals surface area contributed by atoms with E-state index in [4.69, 9.17) is 26.3 Å². The van der Waals surface area contributed by atoms with Crippen LogP contribution in [0.25, 0.3) is 32.7 Å². The molecule has 6 rings (SSSR count). The van der Waals surface area contributed by atoms with Gasteiger partial charge in [-0.25, -0.2) is 4.98 Å². The van der Waals surface area contributed by atoms with Gasteiger partial charge in [-0.1, -0.05) is 41.9 Å². The lowest BCUT2D eigenvalue weighted by molar-refractivity contribution is 0.122. The summed E-state index contributed by atoms with van der Waals surface area (Å²) in [6.45, 7) is 3.40. The Bertz CT molecular complexity index is 1460. The van der Waals surface area contributed by atoms with Crippen molar-refractivity contribution in [2.24, 2.45) is 0 Å². The van der Waals surface area contributed by atoms with Crippen molar-refractivity contribution >= 4 is 50.9 Å². The van der Waals surface area contributed by atoms with Crippen LogP contribution in [0.5, 0.6) is 0 Å². The Morgan fingerprint density at radius 3 is 2.49 bits per heavy atom. The number of hydrogen-bond acceptors (Lipinski definition) is 6. The highest BCUT2D eigenvalue weighted by atomic mass is 35.5. The lowest BCUT2D eigenvalue weighted by atomic mass is 10.1. The SMILES string of the molecule is Clc1ccc(-c2csc(-c3cnc4ccccc4c3Nc3ccc(N4CCOCC4)cc3)n2)cc1. The van der Waals surface area contributed by atoms with Gasteiger partial charge in [0.15, 0.2) is 0 Å². The fourth-order valence-electron chi connectivity index (χ4n) is 4.31. The largest absolute Gasteiger partial charge is 0.378 e. The maximum Gasteiger partial charge on any atom is 0.127 e. The predicted molar refractivity (Wildman–Crippen MR) is 146 cm³/mol.